The quantitative estimate of drug-likeness (QED) is 0.846. The molecule has 88 valence electrons. The maximum Gasteiger partial charge on any atom is 0.238 e. The van der Waals surface area contributed by atoms with E-state index in [1.807, 2.05) is 13.8 Å². The molecule has 1 aliphatic rings. The normalized spacial score (nSPS) is 16.7. The lowest BCUT2D eigenvalue weighted by Crippen LogP contribution is -2.16. The van der Waals surface area contributed by atoms with E-state index in [0.717, 1.165) is 29.7 Å². The monoisotopic (exact) mass is 221 g/mol. The molecular weight excluding hydrogens is 202 g/mol. The van der Waals surface area contributed by atoms with E-state index in [9.17, 15) is 0 Å². The lowest BCUT2D eigenvalue weighted by atomic mass is 10.1. The minimum absolute atomic E-state index is 0.307. The van der Waals surface area contributed by atoms with Crippen molar-refractivity contribution in [2.75, 3.05) is 0 Å². The van der Waals surface area contributed by atoms with Crippen molar-refractivity contribution in [1.29, 1.82) is 0 Å². The van der Waals surface area contributed by atoms with Crippen molar-refractivity contribution >= 4 is 0 Å². The van der Waals surface area contributed by atoms with Gasteiger partial charge in [-0.25, -0.2) is 0 Å². The molecule has 1 fully saturated rings. The molecule has 0 amide bonds. The molecule has 0 spiro atoms. The number of rotatable bonds is 3. The van der Waals surface area contributed by atoms with Crippen molar-refractivity contribution < 1.29 is 4.74 Å². The Labute approximate surface area is 96.2 Å². The van der Waals surface area contributed by atoms with Gasteiger partial charge in [0.15, 0.2) is 0 Å². The maximum absolute atomic E-state index is 5.88. The SMILES string of the molecule is Cc1nnc(OC2CCCC2)c(CN)c1C. The third kappa shape index (κ3) is 2.16. The molecule has 2 rings (SSSR count). The van der Waals surface area contributed by atoms with Crippen LogP contribution in [0.4, 0.5) is 0 Å². The molecule has 4 heteroatoms. The second-order valence-electron chi connectivity index (χ2n) is 4.42. The van der Waals surface area contributed by atoms with Crippen LogP contribution in [-0.2, 0) is 6.54 Å². The highest BCUT2D eigenvalue weighted by Gasteiger charge is 2.20. The van der Waals surface area contributed by atoms with E-state index >= 15 is 0 Å². The zero-order chi connectivity index (χ0) is 11.5. The lowest BCUT2D eigenvalue weighted by Gasteiger charge is -2.16. The highest BCUT2D eigenvalue weighted by molar-refractivity contribution is 5.35. The van der Waals surface area contributed by atoms with Crippen LogP contribution in [0.2, 0.25) is 0 Å². The molecule has 0 bridgehead atoms. The Morgan fingerprint density at radius 2 is 1.94 bits per heavy atom. The van der Waals surface area contributed by atoms with Gasteiger partial charge >= 0.3 is 0 Å². The van der Waals surface area contributed by atoms with Gasteiger partial charge < -0.3 is 10.5 Å². The summed E-state index contributed by atoms with van der Waals surface area (Å²) in [6, 6.07) is 0. The van der Waals surface area contributed by atoms with Gasteiger partial charge in [-0.3, -0.25) is 0 Å². The summed E-state index contributed by atoms with van der Waals surface area (Å²) in [6.07, 6.45) is 5.06. The van der Waals surface area contributed by atoms with E-state index < -0.39 is 0 Å². The fraction of sp³-hybridized carbons (Fsp3) is 0.667. The Morgan fingerprint density at radius 1 is 1.25 bits per heavy atom. The van der Waals surface area contributed by atoms with Gasteiger partial charge in [-0.15, -0.1) is 5.10 Å². The molecule has 0 atom stereocenters. The topological polar surface area (TPSA) is 61.0 Å². The molecule has 0 unspecified atom stereocenters. The molecule has 1 aliphatic carbocycles. The van der Waals surface area contributed by atoms with Gasteiger partial charge in [0, 0.05) is 12.1 Å². The summed E-state index contributed by atoms with van der Waals surface area (Å²) < 4.78 is 5.88. The van der Waals surface area contributed by atoms with Crippen LogP contribution in [0.3, 0.4) is 0 Å². The zero-order valence-electron chi connectivity index (χ0n) is 9.99. The van der Waals surface area contributed by atoms with E-state index in [2.05, 4.69) is 10.2 Å². The van der Waals surface area contributed by atoms with Gasteiger partial charge in [0.2, 0.25) is 5.88 Å². The van der Waals surface area contributed by atoms with Crippen molar-refractivity contribution in [3.8, 4) is 5.88 Å². The highest BCUT2D eigenvalue weighted by atomic mass is 16.5. The van der Waals surface area contributed by atoms with Gasteiger partial charge in [0.05, 0.1) is 5.69 Å². The summed E-state index contributed by atoms with van der Waals surface area (Å²) in [5.41, 5.74) is 8.78. The van der Waals surface area contributed by atoms with Crippen LogP contribution >= 0.6 is 0 Å². The standard InChI is InChI=1S/C12H19N3O/c1-8-9(2)14-15-12(11(8)7-13)16-10-5-3-4-6-10/h10H,3-7,13H2,1-2H3. The Bertz CT molecular complexity index is 373. The van der Waals surface area contributed by atoms with Crippen molar-refractivity contribution in [3.63, 3.8) is 0 Å². The number of nitrogens with zero attached hydrogens (tertiary/aromatic N) is 2. The average molecular weight is 221 g/mol. The van der Waals surface area contributed by atoms with E-state index in [-0.39, 0.29) is 0 Å². The molecule has 0 aromatic carbocycles. The van der Waals surface area contributed by atoms with E-state index in [1.54, 1.807) is 0 Å². The van der Waals surface area contributed by atoms with Crippen molar-refractivity contribution in [3.05, 3.63) is 16.8 Å². The van der Waals surface area contributed by atoms with E-state index in [1.165, 1.54) is 12.8 Å². The third-order valence-corrected chi connectivity index (χ3v) is 3.33. The van der Waals surface area contributed by atoms with Crippen molar-refractivity contribution in [2.45, 2.75) is 52.2 Å². The largest absolute Gasteiger partial charge is 0.473 e. The van der Waals surface area contributed by atoms with Crippen LogP contribution in [0.5, 0.6) is 5.88 Å². The minimum Gasteiger partial charge on any atom is -0.473 e. The predicted octanol–water partition coefficient (Wildman–Crippen LogP) is 1.87. The number of nitrogens with two attached hydrogens (primary N) is 1. The number of hydrogen-bond donors (Lipinski definition) is 1. The molecule has 1 heterocycles. The van der Waals surface area contributed by atoms with Crippen molar-refractivity contribution in [2.24, 2.45) is 5.73 Å². The van der Waals surface area contributed by atoms with Crippen LogP contribution < -0.4 is 10.5 Å². The number of hydrogen-bond acceptors (Lipinski definition) is 4. The molecule has 2 N–H and O–H groups in total. The number of ether oxygens (including phenoxy) is 1. The second kappa shape index (κ2) is 4.78. The number of aromatic nitrogens is 2. The van der Waals surface area contributed by atoms with Crippen LogP contribution in [0.25, 0.3) is 0 Å². The summed E-state index contributed by atoms with van der Waals surface area (Å²) in [5.74, 6) is 0.637. The molecule has 1 aromatic heterocycles. The summed E-state index contributed by atoms with van der Waals surface area (Å²) in [6.45, 7) is 4.43. The first-order valence-electron chi connectivity index (χ1n) is 5.92. The Kier molecular flexibility index (Phi) is 3.39. The maximum atomic E-state index is 5.88. The third-order valence-electron chi connectivity index (χ3n) is 3.33. The highest BCUT2D eigenvalue weighted by Crippen LogP contribution is 2.26. The molecule has 1 aromatic rings. The van der Waals surface area contributed by atoms with Gasteiger partial charge in [-0.1, -0.05) is 0 Å². The average Bonchev–Trinajstić information content (AvgIpc) is 2.77. The van der Waals surface area contributed by atoms with E-state index in [4.69, 9.17) is 10.5 Å². The van der Waals surface area contributed by atoms with Crippen LogP contribution in [0.15, 0.2) is 0 Å². The molecule has 1 saturated carbocycles. The smallest absolute Gasteiger partial charge is 0.238 e. The fourth-order valence-electron chi connectivity index (χ4n) is 2.13. The fourth-order valence-corrected chi connectivity index (χ4v) is 2.13. The van der Waals surface area contributed by atoms with E-state index in [0.29, 0.717) is 18.5 Å². The Morgan fingerprint density at radius 3 is 2.56 bits per heavy atom. The Balaban J connectivity index is 2.22. The summed E-state index contributed by atoms with van der Waals surface area (Å²) in [5, 5.41) is 8.22. The zero-order valence-corrected chi connectivity index (χ0v) is 9.99. The van der Waals surface area contributed by atoms with Gasteiger partial charge in [0.25, 0.3) is 0 Å². The minimum atomic E-state index is 0.307. The molecule has 0 aliphatic heterocycles. The first kappa shape index (κ1) is 11.3. The molecule has 16 heavy (non-hydrogen) atoms. The van der Waals surface area contributed by atoms with Crippen LogP contribution in [0.1, 0.15) is 42.5 Å². The second-order valence-corrected chi connectivity index (χ2v) is 4.42. The van der Waals surface area contributed by atoms with Gasteiger partial charge in [-0.05, 0) is 45.1 Å². The first-order valence-corrected chi connectivity index (χ1v) is 5.92. The molecule has 0 saturated heterocycles. The summed E-state index contributed by atoms with van der Waals surface area (Å²) in [7, 11) is 0. The molecule has 4 nitrogen and oxygen atoms in total. The molecular formula is C12H19N3O. The van der Waals surface area contributed by atoms with Crippen LogP contribution in [-0.4, -0.2) is 16.3 Å². The van der Waals surface area contributed by atoms with Crippen LogP contribution in [0, 0.1) is 13.8 Å². The lowest BCUT2D eigenvalue weighted by molar-refractivity contribution is 0.196. The predicted molar refractivity (Wildman–Crippen MR) is 62.3 cm³/mol. The van der Waals surface area contributed by atoms with Crippen molar-refractivity contribution in [1.82, 2.24) is 10.2 Å². The summed E-state index contributed by atoms with van der Waals surface area (Å²) in [4.78, 5) is 0. The Hall–Kier alpha value is -1.16. The molecule has 0 radical (unpaired) electrons. The van der Waals surface area contributed by atoms with Gasteiger partial charge in [-0.2, -0.15) is 5.10 Å². The number of aryl methyl sites for hydroxylation is 1. The van der Waals surface area contributed by atoms with Gasteiger partial charge in [0.1, 0.15) is 6.10 Å². The summed E-state index contributed by atoms with van der Waals surface area (Å²) >= 11 is 0. The first-order chi connectivity index (χ1) is 7.72.